The number of H-pyrrole nitrogens is 1. The Morgan fingerprint density at radius 1 is 1.14 bits per heavy atom. The van der Waals surface area contributed by atoms with Crippen molar-refractivity contribution < 1.29 is 14.6 Å². The van der Waals surface area contributed by atoms with E-state index in [0.29, 0.717) is 36.0 Å². The van der Waals surface area contributed by atoms with E-state index in [9.17, 15) is 9.90 Å². The normalized spacial score (nSPS) is 15.9. The fraction of sp³-hybridized carbons (Fsp3) is 0.483. The zero-order valence-corrected chi connectivity index (χ0v) is 22.4. The number of likely N-dealkylation sites (tertiary alicyclic amines) is 1. The van der Waals surface area contributed by atoms with Gasteiger partial charge in [-0.3, -0.25) is 9.69 Å². The molecule has 7 nitrogen and oxygen atoms in total. The number of aromatic nitrogens is 1. The number of fused-ring (bicyclic) bond motifs is 2. The van der Waals surface area contributed by atoms with Crippen LogP contribution in [0.1, 0.15) is 54.1 Å². The van der Waals surface area contributed by atoms with Crippen LogP contribution in [0.3, 0.4) is 0 Å². The Morgan fingerprint density at radius 2 is 1.97 bits per heavy atom. The molecule has 1 fully saturated rings. The van der Waals surface area contributed by atoms with Gasteiger partial charge in [0, 0.05) is 53.9 Å². The van der Waals surface area contributed by atoms with Crippen LogP contribution in [-0.4, -0.2) is 71.7 Å². The lowest BCUT2D eigenvalue weighted by Gasteiger charge is -2.26. The topological polar surface area (TPSA) is 80.8 Å². The zero-order valence-electron chi connectivity index (χ0n) is 21.6. The second-order valence-corrected chi connectivity index (χ2v) is 10.5. The number of carbonyl (C=O) groups excluding carboxylic acids is 1. The summed E-state index contributed by atoms with van der Waals surface area (Å²) in [6, 6.07) is 10.6. The average Bonchev–Trinajstić information content (AvgIpc) is 3.51. The highest BCUT2D eigenvalue weighted by atomic mass is 35.5. The van der Waals surface area contributed by atoms with Crippen LogP contribution in [0.4, 0.5) is 0 Å². The number of benzene rings is 2. The van der Waals surface area contributed by atoms with Crippen LogP contribution in [0.15, 0.2) is 30.3 Å². The van der Waals surface area contributed by atoms with Gasteiger partial charge in [-0.2, -0.15) is 0 Å². The van der Waals surface area contributed by atoms with E-state index in [1.165, 1.54) is 37.9 Å². The molecule has 3 N–H and O–H groups in total. The highest BCUT2D eigenvalue weighted by Crippen LogP contribution is 2.41. The maximum atomic E-state index is 12.8. The lowest BCUT2D eigenvalue weighted by molar-refractivity contribution is 0.0966. The molecule has 1 aromatic heterocycles. The molecule has 0 radical (unpaired) electrons. The minimum atomic E-state index is -0.106. The van der Waals surface area contributed by atoms with Gasteiger partial charge in [0.05, 0.1) is 23.8 Å². The van der Waals surface area contributed by atoms with Gasteiger partial charge in [-0.15, -0.1) is 0 Å². The zero-order chi connectivity index (χ0) is 25.8. The van der Waals surface area contributed by atoms with Gasteiger partial charge in [-0.05, 0) is 68.7 Å². The number of amides is 1. The monoisotopic (exact) mass is 524 g/mol. The van der Waals surface area contributed by atoms with Crippen molar-refractivity contribution in [3.63, 3.8) is 0 Å². The number of nitrogens with one attached hydrogen (secondary N) is 2. The second kappa shape index (κ2) is 11.9. The molecule has 1 saturated heterocycles. The van der Waals surface area contributed by atoms with E-state index >= 15 is 0 Å². The molecule has 2 aliphatic rings. The van der Waals surface area contributed by atoms with Gasteiger partial charge in [0.2, 0.25) is 0 Å². The first kappa shape index (κ1) is 26.0. The van der Waals surface area contributed by atoms with Crippen molar-refractivity contribution in [2.24, 2.45) is 0 Å². The summed E-state index contributed by atoms with van der Waals surface area (Å²) in [5.41, 5.74) is 5.47. The third-order valence-corrected chi connectivity index (χ3v) is 7.96. The first-order valence-electron chi connectivity index (χ1n) is 13.5. The summed E-state index contributed by atoms with van der Waals surface area (Å²) in [7, 11) is 0. The maximum Gasteiger partial charge on any atom is 0.252 e. The molecule has 8 heteroatoms. The second-order valence-electron chi connectivity index (χ2n) is 10.1. The molecule has 2 aromatic carbocycles. The summed E-state index contributed by atoms with van der Waals surface area (Å²) in [5, 5.41) is 13.8. The summed E-state index contributed by atoms with van der Waals surface area (Å²) < 4.78 is 6.13. The number of hydrogen-bond donors (Lipinski definition) is 3. The number of aromatic amines is 1. The van der Waals surface area contributed by atoms with Crippen molar-refractivity contribution >= 4 is 28.4 Å². The molecule has 198 valence electrons. The van der Waals surface area contributed by atoms with Crippen molar-refractivity contribution in [2.45, 2.75) is 45.7 Å². The van der Waals surface area contributed by atoms with Crippen LogP contribution in [0.2, 0.25) is 5.02 Å². The number of ether oxygens (including phenoxy) is 1. The highest BCUT2D eigenvalue weighted by Gasteiger charge is 2.29. The molecule has 5 rings (SSSR count). The Bertz CT molecular complexity index is 1250. The van der Waals surface area contributed by atoms with E-state index in [4.69, 9.17) is 16.3 Å². The molecule has 2 aliphatic heterocycles. The van der Waals surface area contributed by atoms with Crippen molar-refractivity contribution in [1.29, 1.82) is 0 Å². The number of likely N-dealkylation sites (N-methyl/N-ethyl adjacent to an activating group) is 1. The first-order chi connectivity index (χ1) is 18.1. The molecule has 0 saturated carbocycles. The van der Waals surface area contributed by atoms with E-state index in [1.807, 2.05) is 6.07 Å². The third kappa shape index (κ3) is 5.80. The minimum absolute atomic E-state index is 0.106. The molecule has 0 atom stereocenters. The summed E-state index contributed by atoms with van der Waals surface area (Å²) in [6.45, 7) is 8.85. The average molecular weight is 525 g/mol. The molecule has 0 aliphatic carbocycles. The van der Waals surface area contributed by atoms with Gasteiger partial charge in [0.1, 0.15) is 5.75 Å². The van der Waals surface area contributed by atoms with Gasteiger partial charge < -0.3 is 25.0 Å². The standard InChI is InChI=1S/C29H37ClN4O3/c1-2-33(12-13-35)11-6-14-37-26-17-22(27-23(28(26)30)18-31-29(27)36)25-16-21-15-20(7-8-24(21)32-25)19-34-9-4-3-5-10-34/h7-8,15-17,32,35H,2-6,9-14,18-19H2,1H3,(H,31,36). The smallest absolute Gasteiger partial charge is 0.252 e. The lowest BCUT2D eigenvalue weighted by Crippen LogP contribution is -2.28. The molecule has 3 aromatic rings. The minimum Gasteiger partial charge on any atom is -0.492 e. The van der Waals surface area contributed by atoms with Gasteiger partial charge in [-0.1, -0.05) is 31.0 Å². The number of piperidine rings is 1. The van der Waals surface area contributed by atoms with Gasteiger partial charge in [0.15, 0.2) is 0 Å². The Morgan fingerprint density at radius 3 is 2.76 bits per heavy atom. The van der Waals surface area contributed by atoms with Gasteiger partial charge >= 0.3 is 0 Å². The number of aliphatic hydroxyl groups is 1. The molecule has 0 bridgehead atoms. The van der Waals surface area contributed by atoms with E-state index in [2.05, 4.69) is 51.3 Å². The summed E-state index contributed by atoms with van der Waals surface area (Å²) in [5.74, 6) is 0.493. The number of aliphatic hydroxyl groups excluding tert-OH is 1. The summed E-state index contributed by atoms with van der Waals surface area (Å²) in [6.07, 6.45) is 4.72. The molecule has 37 heavy (non-hydrogen) atoms. The Hall–Kier alpha value is -2.58. The van der Waals surface area contributed by atoms with Crippen LogP contribution in [0, 0.1) is 0 Å². The number of rotatable bonds is 11. The molecule has 1 amide bonds. The van der Waals surface area contributed by atoms with Crippen LogP contribution in [0.5, 0.6) is 5.75 Å². The van der Waals surface area contributed by atoms with E-state index in [1.54, 1.807) is 0 Å². The largest absolute Gasteiger partial charge is 0.492 e. The lowest BCUT2D eigenvalue weighted by atomic mass is 9.99. The van der Waals surface area contributed by atoms with Crippen molar-refractivity contribution in [1.82, 2.24) is 20.1 Å². The molecule has 0 unspecified atom stereocenters. The third-order valence-electron chi connectivity index (χ3n) is 7.55. The van der Waals surface area contributed by atoms with E-state index in [-0.39, 0.29) is 12.5 Å². The van der Waals surface area contributed by atoms with Gasteiger partial charge in [-0.25, -0.2) is 0 Å². The Labute approximate surface area is 223 Å². The van der Waals surface area contributed by atoms with Crippen LogP contribution in [0.25, 0.3) is 22.2 Å². The fourth-order valence-electron chi connectivity index (χ4n) is 5.53. The molecular weight excluding hydrogens is 488 g/mol. The highest BCUT2D eigenvalue weighted by molar-refractivity contribution is 6.34. The number of carbonyl (C=O) groups is 1. The molecular formula is C29H37ClN4O3. The first-order valence-corrected chi connectivity index (χ1v) is 13.9. The van der Waals surface area contributed by atoms with Crippen LogP contribution in [-0.2, 0) is 13.1 Å². The quantitative estimate of drug-likeness (QED) is 0.314. The SMILES string of the molecule is CCN(CCO)CCCOc1cc(-c2cc3cc(CN4CCCCC4)ccc3[nH]2)c2c(c1Cl)CNC2=O. The van der Waals surface area contributed by atoms with Crippen molar-refractivity contribution in [3.05, 3.63) is 52.0 Å². The Balaban J connectivity index is 1.39. The predicted octanol–water partition coefficient (Wildman–Crippen LogP) is 4.80. The van der Waals surface area contributed by atoms with Crippen LogP contribution < -0.4 is 10.1 Å². The number of nitrogens with zero attached hydrogens (tertiary/aromatic N) is 2. The molecule has 0 spiro atoms. The van der Waals surface area contributed by atoms with E-state index < -0.39 is 0 Å². The van der Waals surface area contributed by atoms with Crippen molar-refractivity contribution in [2.75, 3.05) is 45.9 Å². The van der Waals surface area contributed by atoms with Crippen molar-refractivity contribution in [3.8, 4) is 17.0 Å². The summed E-state index contributed by atoms with van der Waals surface area (Å²) >= 11 is 6.71. The van der Waals surface area contributed by atoms with E-state index in [0.717, 1.165) is 53.8 Å². The van der Waals surface area contributed by atoms with Gasteiger partial charge in [0.25, 0.3) is 5.91 Å². The summed E-state index contributed by atoms with van der Waals surface area (Å²) in [4.78, 5) is 21.0. The maximum absolute atomic E-state index is 12.8. The van der Waals surface area contributed by atoms with Crippen LogP contribution >= 0.6 is 11.6 Å². The Kier molecular flexibility index (Phi) is 8.35. The number of halogens is 1. The molecule has 3 heterocycles. The fourth-order valence-corrected chi connectivity index (χ4v) is 5.80. The number of hydrogen-bond acceptors (Lipinski definition) is 5. The predicted molar refractivity (Wildman–Crippen MR) is 148 cm³/mol.